The van der Waals surface area contributed by atoms with E-state index in [4.69, 9.17) is 4.74 Å². The second-order valence-electron chi connectivity index (χ2n) is 15.7. The lowest BCUT2D eigenvalue weighted by atomic mass is 9.33. The van der Waals surface area contributed by atoms with Crippen LogP contribution in [0.1, 0.15) is 126 Å². The summed E-state index contributed by atoms with van der Waals surface area (Å²) in [7, 11) is 0. The van der Waals surface area contributed by atoms with Crippen LogP contribution in [0.5, 0.6) is 0 Å². The largest absolute Gasteiger partial charge is 0.465 e. The summed E-state index contributed by atoms with van der Waals surface area (Å²) < 4.78 is 6.04. The number of esters is 1. The number of carbonyl (C=O) groups excluding carboxylic acids is 1. The zero-order valence-corrected chi connectivity index (χ0v) is 25.3. The first kappa shape index (κ1) is 27.7. The van der Waals surface area contributed by atoms with Gasteiger partial charge in [-0.25, -0.2) is 0 Å². The smallest absolute Gasteiger partial charge is 0.312 e. The topological polar surface area (TPSA) is 46.5 Å². The van der Waals surface area contributed by atoms with E-state index in [-0.39, 0.29) is 39.1 Å². The lowest BCUT2D eigenvalue weighted by Gasteiger charge is -2.71. The normalized spacial score (nSPS) is 50.6. The molecule has 3 nitrogen and oxygen atoms in total. The Morgan fingerprint density at radius 3 is 2.41 bits per heavy atom. The van der Waals surface area contributed by atoms with E-state index in [9.17, 15) is 9.90 Å². The van der Waals surface area contributed by atoms with E-state index in [1.807, 2.05) is 0 Å². The minimum Gasteiger partial charge on any atom is -0.465 e. The van der Waals surface area contributed by atoms with Crippen molar-refractivity contribution >= 4 is 5.97 Å². The molecule has 0 bridgehead atoms. The van der Waals surface area contributed by atoms with Gasteiger partial charge in [0.15, 0.2) is 0 Å². The third kappa shape index (κ3) is 3.64. The molecule has 0 aromatic heterocycles. The zero-order valence-electron chi connectivity index (χ0n) is 25.3. The number of rotatable bonds is 4. The van der Waals surface area contributed by atoms with Crippen LogP contribution in [0.4, 0.5) is 0 Å². The Bertz CT molecular complexity index is 935. The van der Waals surface area contributed by atoms with Crippen molar-refractivity contribution in [2.24, 2.45) is 56.7 Å². The van der Waals surface area contributed by atoms with Crippen LogP contribution in [-0.4, -0.2) is 23.8 Å². The van der Waals surface area contributed by atoms with E-state index in [0.29, 0.717) is 36.2 Å². The van der Waals surface area contributed by atoms with Crippen molar-refractivity contribution < 1.29 is 14.6 Å². The summed E-state index contributed by atoms with van der Waals surface area (Å²) >= 11 is 0. The maximum absolute atomic E-state index is 13.9. The average molecular weight is 513 g/mol. The fourth-order valence-electron chi connectivity index (χ4n) is 11.3. The van der Waals surface area contributed by atoms with E-state index in [1.165, 1.54) is 12.8 Å². The molecule has 4 saturated carbocycles. The molecule has 37 heavy (non-hydrogen) atoms. The summed E-state index contributed by atoms with van der Waals surface area (Å²) in [5.74, 6) is 2.79. The Labute approximate surface area is 227 Å². The van der Waals surface area contributed by atoms with Crippen LogP contribution in [0.15, 0.2) is 11.6 Å². The second kappa shape index (κ2) is 9.10. The molecule has 0 amide bonds. The van der Waals surface area contributed by atoms with Gasteiger partial charge < -0.3 is 9.84 Å². The van der Waals surface area contributed by atoms with Gasteiger partial charge in [-0.15, -0.1) is 0 Å². The Hall–Kier alpha value is -0.830. The van der Waals surface area contributed by atoms with Crippen molar-refractivity contribution in [2.45, 2.75) is 132 Å². The van der Waals surface area contributed by atoms with E-state index in [1.54, 1.807) is 5.57 Å². The Kier molecular flexibility index (Phi) is 6.82. The molecule has 0 radical (unpaired) electrons. The summed E-state index contributed by atoms with van der Waals surface area (Å²) in [4.78, 5) is 13.9. The first-order valence-electron chi connectivity index (χ1n) is 15.9. The van der Waals surface area contributed by atoms with Gasteiger partial charge in [0.05, 0.1) is 18.1 Å². The molecule has 1 N–H and O–H groups in total. The van der Waals surface area contributed by atoms with Gasteiger partial charge in [-0.3, -0.25) is 4.79 Å². The molecule has 5 aliphatic rings. The summed E-state index contributed by atoms with van der Waals surface area (Å²) in [6.45, 7) is 20.1. The number of unbranched alkanes of at least 4 members (excludes halogenated alkanes) is 1. The van der Waals surface area contributed by atoms with Crippen LogP contribution in [0.3, 0.4) is 0 Å². The number of carbonyl (C=O) groups is 1. The van der Waals surface area contributed by atoms with Crippen molar-refractivity contribution in [3.8, 4) is 0 Å². The van der Waals surface area contributed by atoms with Gasteiger partial charge in [0.25, 0.3) is 0 Å². The van der Waals surface area contributed by atoms with Crippen molar-refractivity contribution in [1.29, 1.82) is 0 Å². The van der Waals surface area contributed by atoms with Crippen molar-refractivity contribution in [2.75, 3.05) is 6.61 Å². The zero-order chi connectivity index (χ0) is 27.0. The van der Waals surface area contributed by atoms with E-state index >= 15 is 0 Å². The minimum atomic E-state index is -0.327. The van der Waals surface area contributed by atoms with Crippen LogP contribution >= 0.6 is 0 Å². The molecular formula is C34H56O3. The third-order valence-electron chi connectivity index (χ3n) is 14.1. The van der Waals surface area contributed by atoms with Crippen molar-refractivity contribution in [3.63, 3.8) is 0 Å². The predicted octanol–water partition coefficient (Wildman–Crippen LogP) is 8.35. The highest BCUT2D eigenvalue weighted by Gasteiger charge is 2.69. The molecule has 5 rings (SSSR count). The van der Waals surface area contributed by atoms with Crippen molar-refractivity contribution in [1.82, 2.24) is 0 Å². The van der Waals surface area contributed by atoms with Gasteiger partial charge >= 0.3 is 5.97 Å². The quantitative estimate of drug-likeness (QED) is 0.234. The van der Waals surface area contributed by atoms with Gasteiger partial charge in [0, 0.05) is 0 Å². The monoisotopic (exact) mass is 512 g/mol. The van der Waals surface area contributed by atoms with Gasteiger partial charge in [-0.05, 0) is 115 Å². The van der Waals surface area contributed by atoms with E-state index in [2.05, 4.69) is 61.5 Å². The van der Waals surface area contributed by atoms with E-state index < -0.39 is 0 Å². The molecule has 10 atom stereocenters. The Morgan fingerprint density at radius 1 is 0.973 bits per heavy atom. The molecule has 0 unspecified atom stereocenters. The van der Waals surface area contributed by atoms with Crippen LogP contribution < -0.4 is 0 Å². The summed E-state index contributed by atoms with van der Waals surface area (Å²) in [5.41, 5.74) is 1.91. The fourth-order valence-corrected chi connectivity index (χ4v) is 11.3. The SMILES string of the molecule is CCCCOC(=O)[C@]12CC[C@@H](C)[C@H](C)[C@H]1C1=CC[C@@H]3[C@@]4(C)CC[C@H](O)C(C)(C)[C@@H]4CC[C@@]3(C)[C@]1(C)CC2. The number of aliphatic hydroxyl groups is 1. The molecular weight excluding hydrogens is 456 g/mol. The van der Waals surface area contributed by atoms with Crippen LogP contribution in [0, 0.1) is 56.7 Å². The number of hydrogen-bond donors (Lipinski definition) is 1. The molecule has 5 aliphatic carbocycles. The fraction of sp³-hybridized carbons (Fsp3) is 0.912. The predicted molar refractivity (Wildman–Crippen MR) is 151 cm³/mol. The highest BCUT2D eigenvalue weighted by molar-refractivity contribution is 5.79. The maximum atomic E-state index is 13.9. The number of ether oxygens (including phenoxy) is 1. The van der Waals surface area contributed by atoms with E-state index in [0.717, 1.165) is 57.8 Å². The Morgan fingerprint density at radius 2 is 1.70 bits per heavy atom. The molecule has 0 aromatic rings. The van der Waals surface area contributed by atoms with Crippen LogP contribution in [0.25, 0.3) is 0 Å². The molecule has 0 aliphatic heterocycles. The van der Waals surface area contributed by atoms with Gasteiger partial charge in [0.1, 0.15) is 0 Å². The van der Waals surface area contributed by atoms with Gasteiger partial charge in [-0.1, -0.05) is 73.5 Å². The molecule has 0 saturated heterocycles. The van der Waals surface area contributed by atoms with Gasteiger partial charge in [0.2, 0.25) is 0 Å². The molecule has 0 spiro atoms. The number of hydrogen-bond acceptors (Lipinski definition) is 3. The second-order valence-corrected chi connectivity index (χ2v) is 15.7. The molecule has 0 aromatic carbocycles. The molecule has 210 valence electrons. The molecule has 3 heteroatoms. The lowest BCUT2D eigenvalue weighted by molar-refractivity contribution is -0.207. The molecule has 0 heterocycles. The Balaban J connectivity index is 1.56. The van der Waals surface area contributed by atoms with Crippen LogP contribution in [-0.2, 0) is 9.53 Å². The highest BCUT2D eigenvalue weighted by Crippen LogP contribution is 2.75. The minimum absolute atomic E-state index is 0.0174. The highest BCUT2D eigenvalue weighted by atomic mass is 16.5. The molecule has 4 fully saturated rings. The first-order valence-corrected chi connectivity index (χ1v) is 15.9. The third-order valence-corrected chi connectivity index (χ3v) is 14.1. The number of aliphatic hydroxyl groups excluding tert-OH is 1. The number of allylic oxidation sites excluding steroid dienone is 2. The maximum Gasteiger partial charge on any atom is 0.312 e. The van der Waals surface area contributed by atoms with Gasteiger partial charge in [-0.2, -0.15) is 0 Å². The summed E-state index contributed by atoms with van der Waals surface area (Å²) in [6.07, 6.45) is 14.4. The number of fused-ring (bicyclic) bond motifs is 7. The average Bonchev–Trinajstić information content (AvgIpc) is 2.84. The standard InChI is InChI=1S/C34H56O3/c1-9-10-21-37-29(36)34-18-13-22(2)23(3)28(34)24-11-12-26-31(6)16-15-27(35)30(4,5)25(31)14-17-33(26,8)32(24,7)19-20-34/h11,22-23,25-28,35H,9-10,12-21H2,1-8H3/t22-,23+,25+,26-,27+,28+,31+,32-,33-,34+/m1/s1. The summed E-state index contributed by atoms with van der Waals surface area (Å²) in [6, 6.07) is 0. The van der Waals surface area contributed by atoms with Crippen molar-refractivity contribution in [3.05, 3.63) is 11.6 Å². The summed E-state index contributed by atoms with van der Waals surface area (Å²) in [5, 5.41) is 11.0. The lowest BCUT2D eigenvalue weighted by Crippen LogP contribution is -2.65. The first-order chi connectivity index (χ1) is 17.3. The van der Waals surface area contributed by atoms with Crippen LogP contribution in [0.2, 0.25) is 0 Å².